The largest absolute Gasteiger partial charge is 0.357 e. The number of likely N-dealkylation sites (tertiary alicyclic amines) is 1. The van der Waals surface area contributed by atoms with E-state index in [9.17, 15) is 0 Å². The van der Waals surface area contributed by atoms with Gasteiger partial charge in [-0.1, -0.05) is 37.3 Å². The van der Waals surface area contributed by atoms with Crippen molar-refractivity contribution in [1.29, 1.82) is 0 Å². The van der Waals surface area contributed by atoms with Crippen LogP contribution in [0.1, 0.15) is 44.6 Å². The zero-order valence-corrected chi connectivity index (χ0v) is 15.2. The number of benzene rings is 1. The van der Waals surface area contributed by atoms with Crippen LogP contribution < -0.4 is 5.32 Å². The fourth-order valence-corrected chi connectivity index (χ4v) is 3.70. The average Bonchev–Trinajstić information content (AvgIpc) is 3.34. The Morgan fingerprint density at radius 2 is 2.00 bits per heavy atom. The lowest BCUT2D eigenvalue weighted by Gasteiger charge is -2.23. The summed E-state index contributed by atoms with van der Waals surface area (Å²) in [5.74, 6) is 1.73. The summed E-state index contributed by atoms with van der Waals surface area (Å²) in [5.41, 5.74) is 1.46. The van der Waals surface area contributed by atoms with E-state index >= 15 is 0 Å². The molecule has 2 fully saturated rings. The van der Waals surface area contributed by atoms with Crippen molar-refractivity contribution in [3.8, 4) is 0 Å². The number of nitrogens with zero attached hydrogens (tertiary/aromatic N) is 3. The van der Waals surface area contributed by atoms with Crippen molar-refractivity contribution in [3.05, 3.63) is 35.9 Å². The molecule has 1 aromatic carbocycles. The van der Waals surface area contributed by atoms with E-state index in [1.807, 2.05) is 0 Å². The van der Waals surface area contributed by atoms with Crippen molar-refractivity contribution < 1.29 is 0 Å². The molecule has 1 aromatic rings. The number of nitrogens with one attached hydrogen (secondary N) is 1. The van der Waals surface area contributed by atoms with Gasteiger partial charge in [0.2, 0.25) is 0 Å². The van der Waals surface area contributed by atoms with Gasteiger partial charge < -0.3 is 10.2 Å². The minimum Gasteiger partial charge on any atom is -0.357 e. The van der Waals surface area contributed by atoms with Crippen molar-refractivity contribution in [3.63, 3.8) is 0 Å². The van der Waals surface area contributed by atoms with Crippen LogP contribution in [0.25, 0.3) is 0 Å². The first-order valence-electron chi connectivity index (χ1n) is 9.64. The monoisotopic (exact) mass is 328 g/mol. The van der Waals surface area contributed by atoms with Crippen LogP contribution in [-0.4, -0.2) is 61.1 Å². The van der Waals surface area contributed by atoms with Crippen molar-refractivity contribution in [2.45, 2.75) is 45.1 Å². The van der Waals surface area contributed by atoms with Gasteiger partial charge in [-0.2, -0.15) is 0 Å². The van der Waals surface area contributed by atoms with Crippen LogP contribution in [0.15, 0.2) is 35.3 Å². The van der Waals surface area contributed by atoms with E-state index in [1.54, 1.807) is 0 Å². The van der Waals surface area contributed by atoms with E-state index in [4.69, 9.17) is 4.99 Å². The Bertz CT molecular complexity index is 524. The maximum absolute atomic E-state index is 4.91. The molecule has 4 heteroatoms. The molecule has 24 heavy (non-hydrogen) atoms. The molecule has 1 N–H and O–H groups in total. The second kappa shape index (κ2) is 8.52. The molecule has 1 atom stereocenters. The zero-order valence-electron chi connectivity index (χ0n) is 15.2. The smallest absolute Gasteiger partial charge is 0.193 e. The quantitative estimate of drug-likeness (QED) is 0.617. The number of rotatable bonds is 7. The first-order valence-corrected chi connectivity index (χ1v) is 9.64. The number of hydrogen-bond acceptors (Lipinski definition) is 2. The average molecular weight is 329 g/mol. The molecular weight excluding hydrogens is 296 g/mol. The molecule has 1 saturated heterocycles. The molecule has 0 spiro atoms. The highest BCUT2D eigenvalue weighted by Crippen LogP contribution is 2.27. The van der Waals surface area contributed by atoms with Crippen LogP contribution in [0.4, 0.5) is 0 Å². The van der Waals surface area contributed by atoms with E-state index in [2.05, 4.69) is 59.3 Å². The molecule has 2 aliphatic rings. The van der Waals surface area contributed by atoms with E-state index in [0.29, 0.717) is 5.92 Å². The molecule has 4 nitrogen and oxygen atoms in total. The summed E-state index contributed by atoms with van der Waals surface area (Å²) in [6.07, 6.45) is 3.97. The van der Waals surface area contributed by atoms with Crippen LogP contribution in [-0.2, 0) is 0 Å². The first-order chi connectivity index (χ1) is 11.8. The van der Waals surface area contributed by atoms with Gasteiger partial charge in [0, 0.05) is 38.1 Å². The minimum atomic E-state index is 0.633. The van der Waals surface area contributed by atoms with Gasteiger partial charge >= 0.3 is 0 Å². The number of likely N-dealkylation sites (N-methyl/N-ethyl adjacent to an activating group) is 1. The standard InChI is InChI=1S/C20H32N4/c1-3-21-20(22-13-15-23(4-2)19-10-11-19)24-14-12-18(16-24)17-8-6-5-7-9-17/h5-9,18-19H,3-4,10-16H2,1-2H3,(H,21,22). The normalized spacial score (nSPS) is 21.5. The maximum atomic E-state index is 4.91. The summed E-state index contributed by atoms with van der Waals surface area (Å²) in [6, 6.07) is 11.7. The van der Waals surface area contributed by atoms with Crippen molar-refractivity contribution in [1.82, 2.24) is 15.1 Å². The summed E-state index contributed by atoms with van der Waals surface area (Å²) in [7, 11) is 0. The van der Waals surface area contributed by atoms with Crippen LogP contribution in [0.2, 0.25) is 0 Å². The summed E-state index contributed by atoms with van der Waals surface area (Å²) in [5, 5.41) is 3.49. The summed E-state index contributed by atoms with van der Waals surface area (Å²) < 4.78 is 0. The molecule has 0 bridgehead atoms. The van der Waals surface area contributed by atoms with Gasteiger partial charge in [0.1, 0.15) is 0 Å². The molecule has 3 rings (SSSR count). The van der Waals surface area contributed by atoms with Crippen LogP contribution in [0, 0.1) is 0 Å². The second-order valence-electron chi connectivity index (χ2n) is 6.94. The predicted octanol–water partition coefficient (Wildman–Crippen LogP) is 2.93. The molecule has 0 amide bonds. The van der Waals surface area contributed by atoms with Crippen LogP contribution in [0.5, 0.6) is 0 Å². The summed E-state index contributed by atoms with van der Waals surface area (Å²) in [6.45, 7) is 10.7. The van der Waals surface area contributed by atoms with Gasteiger partial charge in [-0.05, 0) is 38.3 Å². The van der Waals surface area contributed by atoms with Gasteiger partial charge in [0.15, 0.2) is 5.96 Å². The summed E-state index contributed by atoms with van der Waals surface area (Å²) >= 11 is 0. The zero-order chi connectivity index (χ0) is 16.8. The minimum absolute atomic E-state index is 0.633. The van der Waals surface area contributed by atoms with E-state index < -0.39 is 0 Å². The molecule has 0 radical (unpaired) electrons. The van der Waals surface area contributed by atoms with Gasteiger partial charge in [0.25, 0.3) is 0 Å². The third-order valence-electron chi connectivity index (χ3n) is 5.21. The molecule has 0 aromatic heterocycles. The number of hydrogen-bond donors (Lipinski definition) is 1. The maximum Gasteiger partial charge on any atom is 0.193 e. The fourth-order valence-electron chi connectivity index (χ4n) is 3.70. The summed E-state index contributed by atoms with van der Waals surface area (Å²) in [4.78, 5) is 9.92. The van der Waals surface area contributed by atoms with Crippen LogP contribution in [0.3, 0.4) is 0 Å². The lowest BCUT2D eigenvalue weighted by Crippen LogP contribution is -2.40. The number of aliphatic imine (C=N–C) groups is 1. The molecule has 1 aliphatic heterocycles. The van der Waals surface area contributed by atoms with Crippen molar-refractivity contribution in [2.75, 3.05) is 39.3 Å². The Hall–Kier alpha value is -1.55. The van der Waals surface area contributed by atoms with E-state index in [1.165, 1.54) is 24.8 Å². The Morgan fingerprint density at radius 1 is 1.21 bits per heavy atom. The van der Waals surface area contributed by atoms with Gasteiger partial charge in [-0.3, -0.25) is 9.89 Å². The predicted molar refractivity (Wildman–Crippen MR) is 102 cm³/mol. The molecule has 1 aliphatic carbocycles. The van der Waals surface area contributed by atoms with Crippen molar-refractivity contribution in [2.24, 2.45) is 4.99 Å². The lowest BCUT2D eigenvalue weighted by molar-refractivity contribution is 0.285. The molecular formula is C20H32N4. The van der Waals surface area contributed by atoms with Crippen molar-refractivity contribution >= 4 is 5.96 Å². The third kappa shape index (κ3) is 4.50. The van der Waals surface area contributed by atoms with Gasteiger partial charge in [-0.15, -0.1) is 0 Å². The topological polar surface area (TPSA) is 30.9 Å². The Balaban J connectivity index is 1.55. The Kier molecular flexibility index (Phi) is 6.13. The van der Waals surface area contributed by atoms with Gasteiger partial charge in [0.05, 0.1) is 6.54 Å². The SMILES string of the molecule is CCNC(=NCCN(CC)C1CC1)N1CCC(c2ccccc2)C1. The van der Waals surface area contributed by atoms with Crippen LogP contribution >= 0.6 is 0 Å². The first kappa shape index (κ1) is 17.3. The molecule has 1 heterocycles. The lowest BCUT2D eigenvalue weighted by atomic mass is 9.99. The second-order valence-corrected chi connectivity index (χ2v) is 6.94. The third-order valence-corrected chi connectivity index (χ3v) is 5.21. The molecule has 1 unspecified atom stereocenters. The number of guanidine groups is 1. The van der Waals surface area contributed by atoms with Gasteiger partial charge in [-0.25, -0.2) is 0 Å². The Labute approximate surface area is 146 Å². The Morgan fingerprint density at radius 3 is 2.67 bits per heavy atom. The van der Waals surface area contributed by atoms with E-state index in [-0.39, 0.29) is 0 Å². The molecule has 1 saturated carbocycles. The molecule has 132 valence electrons. The highest BCUT2D eigenvalue weighted by Gasteiger charge is 2.28. The fraction of sp³-hybridized carbons (Fsp3) is 0.650. The highest BCUT2D eigenvalue weighted by molar-refractivity contribution is 5.80. The highest BCUT2D eigenvalue weighted by atomic mass is 15.3. The van der Waals surface area contributed by atoms with E-state index in [0.717, 1.165) is 51.3 Å².